The van der Waals surface area contributed by atoms with Crippen LogP contribution in [0.25, 0.3) is 0 Å². The minimum absolute atomic E-state index is 0.103. The van der Waals surface area contributed by atoms with Crippen molar-refractivity contribution in [3.63, 3.8) is 0 Å². The first-order chi connectivity index (χ1) is 10.1. The lowest BCUT2D eigenvalue weighted by Crippen LogP contribution is -2.42. The molecule has 6 heteroatoms. The normalized spacial score (nSPS) is 18.0. The Hall–Kier alpha value is -0.810. The highest BCUT2D eigenvalue weighted by Crippen LogP contribution is 2.26. The largest absolute Gasteiger partial charge is 0.383 e. The maximum Gasteiger partial charge on any atom is 0.255 e. The third-order valence-corrected chi connectivity index (χ3v) is 4.46. The Labute approximate surface area is 135 Å². The zero-order chi connectivity index (χ0) is 15.2. The molecule has 1 N–H and O–H groups in total. The molecule has 0 radical (unpaired) electrons. The van der Waals surface area contributed by atoms with E-state index in [2.05, 4.69) is 5.32 Å². The minimum Gasteiger partial charge on any atom is -0.383 e. The molecule has 2 rings (SSSR count). The van der Waals surface area contributed by atoms with Gasteiger partial charge in [-0.3, -0.25) is 4.79 Å². The molecule has 1 unspecified atom stereocenters. The standard InChI is InChI=1S/C15H20Cl2N2O2/c1-21-9-8-19(10-11-4-3-7-18-11)15(20)12-5-2-6-13(16)14(12)17/h2,5-6,11,18H,3-4,7-10H2,1H3. The molecule has 1 amide bonds. The van der Waals surface area contributed by atoms with Gasteiger partial charge in [0.1, 0.15) is 0 Å². The van der Waals surface area contributed by atoms with Crippen molar-refractivity contribution >= 4 is 29.1 Å². The maximum atomic E-state index is 12.7. The SMILES string of the molecule is COCCN(CC1CCCN1)C(=O)c1cccc(Cl)c1Cl. The van der Waals surface area contributed by atoms with Crippen LogP contribution < -0.4 is 5.32 Å². The van der Waals surface area contributed by atoms with E-state index in [1.807, 2.05) is 0 Å². The van der Waals surface area contributed by atoms with Crippen molar-refractivity contribution < 1.29 is 9.53 Å². The molecule has 1 fully saturated rings. The highest BCUT2D eigenvalue weighted by Gasteiger charge is 2.24. The first-order valence-electron chi connectivity index (χ1n) is 7.09. The second-order valence-electron chi connectivity index (χ2n) is 5.14. The number of amides is 1. The first-order valence-corrected chi connectivity index (χ1v) is 7.84. The van der Waals surface area contributed by atoms with Crippen LogP contribution in [0.3, 0.4) is 0 Å². The van der Waals surface area contributed by atoms with Crippen LogP contribution in [0.2, 0.25) is 10.0 Å². The van der Waals surface area contributed by atoms with Gasteiger partial charge < -0.3 is 15.0 Å². The number of hydrogen-bond acceptors (Lipinski definition) is 3. The Balaban J connectivity index is 2.13. The van der Waals surface area contributed by atoms with Gasteiger partial charge in [0.15, 0.2) is 0 Å². The molecular weight excluding hydrogens is 311 g/mol. The Kier molecular flexibility index (Phi) is 6.30. The monoisotopic (exact) mass is 330 g/mol. The molecule has 1 atom stereocenters. The van der Waals surface area contributed by atoms with Crippen LogP contribution in [-0.4, -0.2) is 50.2 Å². The van der Waals surface area contributed by atoms with Gasteiger partial charge in [-0.2, -0.15) is 0 Å². The fourth-order valence-corrected chi connectivity index (χ4v) is 2.88. The summed E-state index contributed by atoms with van der Waals surface area (Å²) in [6, 6.07) is 5.46. The predicted molar refractivity (Wildman–Crippen MR) is 85.3 cm³/mol. The summed E-state index contributed by atoms with van der Waals surface area (Å²) in [5.74, 6) is -0.103. The van der Waals surface area contributed by atoms with Crippen LogP contribution in [0.15, 0.2) is 18.2 Å². The summed E-state index contributed by atoms with van der Waals surface area (Å²) in [5, 5.41) is 4.11. The van der Waals surface area contributed by atoms with Gasteiger partial charge in [-0.05, 0) is 31.5 Å². The van der Waals surface area contributed by atoms with Crippen molar-refractivity contribution in [3.8, 4) is 0 Å². The van der Waals surface area contributed by atoms with E-state index in [4.69, 9.17) is 27.9 Å². The zero-order valence-electron chi connectivity index (χ0n) is 12.1. The van der Waals surface area contributed by atoms with Gasteiger partial charge >= 0.3 is 0 Å². The molecule has 0 aromatic heterocycles. The Bertz CT molecular complexity index is 491. The highest BCUT2D eigenvalue weighted by molar-refractivity contribution is 6.43. The van der Waals surface area contributed by atoms with Crippen LogP contribution in [-0.2, 0) is 4.74 Å². The number of nitrogens with zero attached hydrogens (tertiary/aromatic N) is 1. The van der Waals surface area contributed by atoms with Gasteiger partial charge in [0, 0.05) is 26.2 Å². The van der Waals surface area contributed by atoms with Crippen LogP contribution in [0, 0.1) is 0 Å². The quantitative estimate of drug-likeness (QED) is 0.872. The maximum absolute atomic E-state index is 12.7. The topological polar surface area (TPSA) is 41.6 Å². The Morgan fingerprint density at radius 3 is 2.95 bits per heavy atom. The molecule has 0 bridgehead atoms. The lowest BCUT2D eigenvalue weighted by Gasteiger charge is -2.26. The van der Waals surface area contributed by atoms with Crippen molar-refractivity contribution in [3.05, 3.63) is 33.8 Å². The van der Waals surface area contributed by atoms with Crippen LogP contribution in [0.1, 0.15) is 23.2 Å². The molecule has 1 aliphatic rings. The number of methoxy groups -OCH3 is 1. The van der Waals surface area contributed by atoms with Crippen molar-refractivity contribution in [2.45, 2.75) is 18.9 Å². The number of halogens is 2. The van der Waals surface area contributed by atoms with E-state index >= 15 is 0 Å². The molecule has 1 saturated heterocycles. The molecule has 21 heavy (non-hydrogen) atoms. The van der Waals surface area contributed by atoms with Gasteiger partial charge in [-0.25, -0.2) is 0 Å². The molecule has 116 valence electrons. The second-order valence-corrected chi connectivity index (χ2v) is 5.92. The summed E-state index contributed by atoms with van der Waals surface area (Å²) in [7, 11) is 1.63. The first kappa shape index (κ1) is 16.6. The summed E-state index contributed by atoms with van der Waals surface area (Å²) in [6.45, 7) is 2.70. The number of ether oxygens (including phenoxy) is 1. The van der Waals surface area contributed by atoms with Crippen LogP contribution in [0.4, 0.5) is 0 Å². The van der Waals surface area contributed by atoms with E-state index in [0.717, 1.165) is 19.4 Å². The van der Waals surface area contributed by atoms with Crippen LogP contribution >= 0.6 is 23.2 Å². The molecule has 1 aromatic rings. The van der Waals surface area contributed by atoms with Gasteiger partial charge in [0.25, 0.3) is 5.91 Å². The minimum atomic E-state index is -0.103. The summed E-state index contributed by atoms with van der Waals surface area (Å²) in [6.07, 6.45) is 2.23. The van der Waals surface area contributed by atoms with Gasteiger partial charge in [-0.15, -0.1) is 0 Å². The molecule has 0 saturated carbocycles. The Morgan fingerprint density at radius 2 is 2.29 bits per heavy atom. The van der Waals surface area contributed by atoms with Crippen molar-refractivity contribution in [1.82, 2.24) is 10.2 Å². The van der Waals surface area contributed by atoms with Crippen molar-refractivity contribution in [2.75, 3.05) is 33.4 Å². The highest BCUT2D eigenvalue weighted by atomic mass is 35.5. The van der Waals surface area contributed by atoms with Crippen molar-refractivity contribution in [2.24, 2.45) is 0 Å². The van der Waals surface area contributed by atoms with Crippen molar-refractivity contribution in [1.29, 1.82) is 0 Å². The lowest BCUT2D eigenvalue weighted by molar-refractivity contribution is 0.0679. The second kappa shape index (κ2) is 7.99. The number of benzene rings is 1. The fourth-order valence-electron chi connectivity index (χ4n) is 2.50. The van der Waals surface area contributed by atoms with E-state index in [0.29, 0.717) is 41.3 Å². The van der Waals surface area contributed by atoms with E-state index in [-0.39, 0.29) is 5.91 Å². The number of carbonyl (C=O) groups is 1. The molecule has 1 aliphatic heterocycles. The molecule has 0 spiro atoms. The van der Waals surface area contributed by atoms with E-state index in [1.165, 1.54) is 0 Å². The average Bonchev–Trinajstić information content (AvgIpc) is 2.98. The predicted octanol–water partition coefficient (Wildman–Crippen LogP) is 2.83. The molecule has 1 heterocycles. The van der Waals surface area contributed by atoms with Gasteiger partial charge in [0.2, 0.25) is 0 Å². The average molecular weight is 331 g/mol. The summed E-state index contributed by atoms with van der Waals surface area (Å²) >= 11 is 12.2. The number of nitrogens with one attached hydrogen (secondary N) is 1. The molecular formula is C15H20Cl2N2O2. The van der Waals surface area contributed by atoms with Gasteiger partial charge in [0.05, 0.1) is 22.2 Å². The third kappa shape index (κ3) is 4.33. The van der Waals surface area contributed by atoms with Gasteiger partial charge in [-0.1, -0.05) is 29.3 Å². The Morgan fingerprint density at radius 1 is 1.48 bits per heavy atom. The number of hydrogen-bond donors (Lipinski definition) is 1. The fraction of sp³-hybridized carbons (Fsp3) is 0.533. The summed E-state index contributed by atoms with van der Waals surface area (Å²) in [5.41, 5.74) is 0.443. The smallest absolute Gasteiger partial charge is 0.255 e. The van der Waals surface area contributed by atoms with E-state index in [9.17, 15) is 4.79 Å². The van der Waals surface area contributed by atoms with E-state index in [1.54, 1.807) is 30.2 Å². The summed E-state index contributed by atoms with van der Waals surface area (Å²) in [4.78, 5) is 14.5. The number of rotatable bonds is 6. The molecule has 1 aromatic carbocycles. The van der Waals surface area contributed by atoms with Crippen LogP contribution in [0.5, 0.6) is 0 Å². The number of carbonyl (C=O) groups excluding carboxylic acids is 1. The molecule has 0 aliphatic carbocycles. The lowest BCUT2D eigenvalue weighted by atomic mass is 10.1. The van der Waals surface area contributed by atoms with E-state index < -0.39 is 0 Å². The third-order valence-electron chi connectivity index (χ3n) is 3.64. The zero-order valence-corrected chi connectivity index (χ0v) is 13.6. The summed E-state index contributed by atoms with van der Waals surface area (Å²) < 4.78 is 5.10. The molecule has 4 nitrogen and oxygen atoms in total.